The Morgan fingerprint density at radius 3 is 0.961 bits per heavy atom. The molecule has 0 amide bonds. The smallest absolute Gasteiger partial charge is 0.329 e. The Kier molecular flexibility index (Phi) is 30.6. The average molecular weight is 731 g/mol. The fraction of sp³-hybridized carbons (Fsp3) is 0.733. The zero-order valence-electron chi connectivity index (χ0n) is 33.5. The third-order valence-corrected chi connectivity index (χ3v) is 10.9. The van der Waals surface area contributed by atoms with Crippen LogP contribution >= 0.6 is 8.60 Å². The van der Waals surface area contributed by atoms with E-state index >= 15 is 0 Å². The summed E-state index contributed by atoms with van der Waals surface area (Å²) in [4.78, 5) is 9.85. The van der Waals surface area contributed by atoms with E-state index in [1.807, 2.05) is 38.1 Å². The number of phenols is 2. The maximum absolute atomic E-state index is 9.92. The number of phenolic OH excluding ortho intramolecular Hbond substituents is 2. The molecule has 0 aromatic heterocycles. The van der Waals surface area contributed by atoms with Crippen LogP contribution in [-0.4, -0.2) is 28.3 Å². The Labute approximate surface area is 316 Å². The minimum atomic E-state index is -1.66. The van der Waals surface area contributed by atoms with Crippen LogP contribution in [0.2, 0.25) is 0 Å². The molecule has 2 aromatic carbocycles. The molecule has 6 heteroatoms. The molecule has 0 radical (unpaired) electrons. The predicted octanol–water partition coefficient (Wildman–Crippen LogP) is 14.8. The minimum Gasteiger partial charge on any atom is -0.508 e. The van der Waals surface area contributed by atoms with E-state index in [4.69, 9.17) is 9.05 Å². The average Bonchev–Trinajstić information content (AvgIpc) is 3.12. The molecule has 0 saturated heterocycles. The number of hydrogen-bond acceptors (Lipinski definition) is 5. The van der Waals surface area contributed by atoms with Crippen LogP contribution in [0, 0.1) is 0 Å². The molecule has 3 N–H and O–H groups in total. The van der Waals surface area contributed by atoms with E-state index < -0.39 is 14.0 Å². The summed E-state index contributed by atoms with van der Waals surface area (Å²) in [5.41, 5.74) is 1.18. The standard InChI is InChI=1S/C30H63O3P.C15H16O2/c1-3-5-7-9-11-13-15-17-19-21-23-25-27-29-32-34(31)33-30-28-26-24-22-20-18-16-14-12-10-8-6-4-2;1-15(2,11-7-3-5-9-13(11)16)12-8-4-6-10-14(12)17/h31H,3-30H2,1-2H3;3-10,16-17H,1-2H3. The predicted molar refractivity (Wildman–Crippen MR) is 221 cm³/mol. The maximum atomic E-state index is 9.92. The van der Waals surface area contributed by atoms with Gasteiger partial charge >= 0.3 is 8.60 Å². The molecule has 0 heterocycles. The van der Waals surface area contributed by atoms with E-state index in [0.29, 0.717) is 13.2 Å². The fourth-order valence-electron chi connectivity index (χ4n) is 6.71. The molecule has 0 aliphatic rings. The van der Waals surface area contributed by atoms with Gasteiger partial charge in [-0.15, -0.1) is 0 Å². The van der Waals surface area contributed by atoms with Gasteiger partial charge in [0.15, 0.2) is 0 Å². The van der Waals surface area contributed by atoms with Gasteiger partial charge in [0.1, 0.15) is 11.5 Å². The van der Waals surface area contributed by atoms with E-state index in [0.717, 1.165) is 24.0 Å². The van der Waals surface area contributed by atoms with Gasteiger partial charge in [-0.25, -0.2) is 0 Å². The van der Waals surface area contributed by atoms with Crippen LogP contribution in [0.3, 0.4) is 0 Å². The van der Waals surface area contributed by atoms with Crippen molar-refractivity contribution in [3.8, 4) is 11.5 Å². The number of rotatable bonds is 32. The van der Waals surface area contributed by atoms with E-state index in [2.05, 4.69) is 13.8 Å². The van der Waals surface area contributed by atoms with E-state index in [1.165, 1.54) is 154 Å². The Morgan fingerprint density at radius 2 is 0.686 bits per heavy atom. The van der Waals surface area contributed by atoms with Crippen LogP contribution in [0.1, 0.15) is 206 Å². The van der Waals surface area contributed by atoms with Crippen molar-refractivity contribution in [1.82, 2.24) is 0 Å². The van der Waals surface area contributed by atoms with Crippen molar-refractivity contribution < 1.29 is 24.2 Å². The van der Waals surface area contributed by atoms with Crippen molar-refractivity contribution in [2.75, 3.05) is 13.2 Å². The molecule has 0 fully saturated rings. The zero-order chi connectivity index (χ0) is 37.3. The molecule has 0 aliphatic carbocycles. The van der Waals surface area contributed by atoms with Crippen LogP contribution < -0.4 is 0 Å². The maximum Gasteiger partial charge on any atom is 0.329 e. The van der Waals surface area contributed by atoms with Gasteiger partial charge in [0.2, 0.25) is 0 Å². The highest BCUT2D eigenvalue weighted by Crippen LogP contribution is 2.40. The Balaban J connectivity index is 0.000000630. The lowest BCUT2D eigenvalue weighted by Crippen LogP contribution is -2.19. The Morgan fingerprint density at radius 1 is 0.431 bits per heavy atom. The van der Waals surface area contributed by atoms with Crippen molar-refractivity contribution in [3.63, 3.8) is 0 Å². The Bertz CT molecular complexity index is 965. The molecule has 0 saturated carbocycles. The molecular formula is C45H79O5P. The van der Waals surface area contributed by atoms with Crippen LogP contribution in [0.15, 0.2) is 48.5 Å². The van der Waals surface area contributed by atoms with E-state index in [1.54, 1.807) is 24.3 Å². The number of benzene rings is 2. The molecule has 5 nitrogen and oxygen atoms in total. The molecule has 0 bridgehead atoms. The lowest BCUT2D eigenvalue weighted by Gasteiger charge is -2.27. The molecule has 0 unspecified atom stereocenters. The van der Waals surface area contributed by atoms with Gasteiger partial charge in [0.05, 0.1) is 13.2 Å². The topological polar surface area (TPSA) is 79.2 Å². The Hall–Kier alpha value is -1.65. The molecule has 2 rings (SSSR count). The summed E-state index contributed by atoms with van der Waals surface area (Å²) in [6, 6.07) is 14.4. The summed E-state index contributed by atoms with van der Waals surface area (Å²) < 4.78 is 10.9. The zero-order valence-corrected chi connectivity index (χ0v) is 34.4. The number of para-hydroxylation sites is 2. The van der Waals surface area contributed by atoms with Gasteiger partial charge < -0.3 is 24.2 Å². The van der Waals surface area contributed by atoms with Gasteiger partial charge in [0.25, 0.3) is 0 Å². The second kappa shape index (κ2) is 33.0. The second-order valence-corrected chi connectivity index (χ2v) is 16.0. The molecule has 0 spiro atoms. The monoisotopic (exact) mass is 731 g/mol. The third-order valence-electron chi connectivity index (χ3n) is 10.1. The number of hydrogen-bond donors (Lipinski definition) is 3. The summed E-state index contributed by atoms with van der Waals surface area (Å²) in [6.07, 6.45) is 35.1. The van der Waals surface area contributed by atoms with Crippen LogP contribution in [0.5, 0.6) is 11.5 Å². The highest BCUT2D eigenvalue weighted by Gasteiger charge is 2.28. The van der Waals surface area contributed by atoms with Crippen molar-refractivity contribution in [1.29, 1.82) is 0 Å². The van der Waals surface area contributed by atoms with E-state index in [-0.39, 0.29) is 11.5 Å². The fourth-order valence-corrected chi connectivity index (χ4v) is 7.36. The van der Waals surface area contributed by atoms with E-state index in [9.17, 15) is 15.1 Å². The van der Waals surface area contributed by atoms with Crippen molar-refractivity contribution in [2.24, 2.45) is 0 Å². The summed E-state index contributed by atoms with van der Waals surface area (Å²) in [5.74, 6) is 0.501. The van der Waals surface area contributed by atoms with Gasteiger partial charge in [-0.1, -0.05) is 218 Å². The molecule has 0 atom stereocenters. The molecule has 294 valence electrons. The summed E-state index contributed by atoms with van der Waals surface area (Å²) in [7, 11) is -1.66. The second-order valence-electron chi connectivity index (χ2n) is 15.0. The number of unbranched alkanes of at least 4 members (excludes halogenated alkanes) is 24. The molecule has 0 aliphatic heterocycles. The highest BCUT2D eigenvalue weighted by molar-refractivity contribution is 7.40. The van der Waals surface area contributed by atoms with Gasteiger partial charge in [-0.05, 0) is 25.0 Å². The molecule has 51 heavy (non-hydrogen) atoms. The van der Waals surface area contributed by atoms with Crippen LogP contribution in [-0.2, 0) is 14.5 Å². The summed E-state index contributed by atoms with van der Waals surface area (Å²) in [6.45, 7) is 9.81. The van der Waals surface area contributed by atoms with Crippen LogP contribution in [0.4, 0.5) is 0 Å². The van der Waals surface area contributed by atoms with Crippen LogP contribution in [0.25, 0.3) is 0 Å². The van der Waals surface area contributed by atoms with Crippen molar-refractivity contribution in [3.05, 3.63) is 59.7 Å². The quantitative estimate of drug-likeness (QED) is 0.0516. The lowest BCUT2D eigenvalue weighted by atomic mass is 9.77. The number of aromatic hydroxyl groups is 2. The third kappa shape index (κ3) is 25.1. The summed E-state index contributed by atoms with van der Waals surface area (Å²) >= 11 is 0. The minimum absolute atomic E-state index is 0.251. The van der Waals surface area contributed by atoms with Gasteiger partial charge in [-0.2, -0.15) is 0 Å². The van der Waals surface area contributed by atoms with Crippen molar-refractivity contribution in [2.45, 2.75) is 200 Å². The summed E-state index contributed by atoms with van der Waals surface area (Å²) in [5, 5.41) is 19.8. The largest absolute Gasteiger partial charge is 0.508 e. The first-order valence-corrected chi connectivity index (χ1v) is 22.3. The molecule has 2 aromatic rings. The first-order valence-electron chi connectivity index (χ1n) is 21.2. The van der Waals surface area contributed by atoms with Gasteiger partial charge in [-0.3, -0.25) is 0 Å². The first-order chi connectivity index (χ1) is 24.8. The van der Waals surface area contributed by atoms with Crippen molar-refractivity contribution >= 4 is 8.60 Å². The highest BCUT2D eigenvalue weighted by atomic mass is 31.2. The molecular weight excluding hydrogens is 651 g/mol. The SMILES string of the molecule is CC(C)(c1ccccc1O)c1ccccc1O.CCCCCCCCCCCCCCCOP(O)OCCCCCCCCCCCCCCC. The van der Waals surface area contributed by atoms with Gasteiger partial charge in [0, 0.05) is 16.5 Å². The lowest BCUT2D eigenvalue weighted by molar-refractivity contribution is 0.193. The first kappa shape index (κ1) is 47.4. The normalized spacial score (nSPS) is 11.6.